The highest BCUT2D eigenvalue weighted by molar-refractivity contribution is 7.02. The van der Waals surface area contributed by atoms with Crippen molar-refractivity contribution in [2.45, 2.75) is 58.9 Å². The van der Waals surface area contributed by atoms with E-state index in [9.17, 15) is 4.79 Å². The highest BCUT2D eigenvalue weighted by Gasteiger charge is 2.45. The summed E-state index contributed by atoms with van der Waals surface area (Å²) in [6.07, 6.45) is 0. The molecule has 2 aromatic carbocycles. The van der Waals surface area contributed by atoms with E-state index in [2.05, 4.69) is 33.9 Å². The molecule has 0 radical (unpaired) electrons. The van der Waals surface area contributed by atoms with E-state index >= 15 is 8.78 Å². The fourth-order valence-corrected chi connectivity index (χ4v) is 8.04. The lowest BCUT2D eigenvalue weighted by atomic mass is 10.0. The lowest BCUT2D eigenvalue weighted by Gasteiger charge is -2.38. The smallest absolute Gasteiger partial charge is 0.250 e. The van der Waals surface area contributed by atoms with Gasteiger partial charge in [0.25, 0.3) is 8.32 Å². The Morgan fingerprint density at radius 3 is 1.96 bits per heavy atom. The molecule has 0 atom stereocenters. The van der Waals surface area contributed by atoms with Gasteiger partial charge in [-0.25, -0.2) is 8.78 Å². The van der Waals surface area contributed by atoms with Gasteiger partial charge in [0, 0.05) is 11.1 Å². The van der Waals surface area contributed by atoms with E-state index in [0.717, 1.165) is 0 Å². The third-order valence-electron chi connectivity index (χ3n) is 6.35. The highest BCUT2D eigenvalue weighted by atomic mass is 28.4. The van der Waals surface area contributed by atoms with Crippen LogP contribution in [0.1, 0.15) is 42.3 Å². The van der Waals surface area contributed by atoms with Crippen molar-refractivity contribution in [1.29, 1.82) is 0 Å². The topological polar surface area (TPSA) is 26.3 Å². The minimum atomic E-state index is -2.78. The van der Waals surface area contributed by atoms with E-state index in [0.29, 0.717) is 27.1 Å². The van der Waals surface area contributed by atoms with Crippen LogP contribution in [0.15, 0.2) is 24.3 Å². The largest absolute Gasteiger partial charge is 0.542 e. The number of hydrogen-bond donors (Lipinski definition) is 0. The average Bonchev–Trinajstić information content (AvgIpc) is 2.55. The van der Waals surface area contributed by atoms with Gasteiger partial charge in [0.2, 0.25) is 0 Å². The molecule has 2 nitrogen and oxygen atoms in total. The molecule has 0 bridgehead atoms. The molecule has 0 saturated heterocycles. The second-order valence-electron chi connectivity index (χ2n) is 9.74. The standard InChI is InChI=1S/C22H28F2O2Si2/c1-13-9-10-14-19(25)15-11-12-16(26-28(7,8)22(2,3)4)18(24)21(15)27(5,6)20(14)17(13)23/h9-12H,1-8H3. The number of aryl methyl sites for hydroxylation is 1. The molecule has 28 heavy (non-hydrogen) atoms. The number of hydrogen-bond acceptors (Lipinski definition) is 2. The molecule has 0 saturated carbocycles. The van der Waals surface area contributed by atoms with Gasteiger partial charge >= 0.3 is 0 Å². The number of halogens is 2. The molecule has 0 amide bonds. The zero-order chi connectivity index (χ0) is 21.2. The molecule has 2 aromatic rings. The van der Waals surface area contributed by atoms with Crippen LogP contribution in [0, 0.1) is 18.6 Å². The number of carbonyl (C=O) groups is 1. The number of ketones is 1. The lowest BCUT2D eigenvalue weighted by Crippen LogP contribution is -2.62. The van der Waals surface area contributed by atoms with Crippen LogP contribution in [0.5, 0.6) is 5.75 Å². The van der Waals surface area contributed by atoms with Crippen LogP contribution in [0.3, 0.4) is 0 Å². The van der Waals surface area contributed by atoms with Crippen molar-refractivity contribution in [2.75, 3.05) is 0 Å². The molecule has 6 heteroatoms. The van der Waals surface area contributed by atoms with Crippen LogP contribution in [-0.4, -0.2) is 22.2 Å². The molecule has 0 N–H and O–H groups in total. The van der Waals surface area contributed by atoms with Gasteiger partial charge in [-0.2, -0.15) is 0 Å². The summed E-state index contributed by atoms with van der Waals surface area (Å²) < 4.78 is 37.0. The Hall–Kier alpha value is -1.80. The SMILES string of the molecule is Cc1ccc2c(c1F)[Si](C)(C)c1c(ccc(O[Si](C)(C)C(C)(C)C)c1F)C2=O. The Labute approximate surface area is 168 Å². The maximum atomic E-state index is 15.7. The van der Waals surface area contributed by atoms with Crippen LogP contribution < -0.4 is 14.8 Å². The summed E-state index contributed by atoms with van der Waals surface area (Å²) in [5.74, 6) is -1.02. The minimum absolute atomic E-state index is 0.0894. The van der Waals surface area contributed by atoms with Crippen molar-refractivity contribution in [3.8, 4) is 5.75 Å². The monoisotopic (exact) mass is 418 g/mol. The van der Waals surface area contributed by atoms with Gasteiger partial charge in [0.05, 0.1) is 0 Å². The summed E-state index contributed by atoms with van der Waals surface area (Å²) in [5, 5.41) is 0.660. The van der Waals surface area contributed by atoms with Crippen LogP contribution in [0.25, 0.3) is 0 Å². The summed E-state index contributed by atoms with van der Waals surface area (Å²) in [7, 11) is -5.04. The van der Waals surface area contributed by atoms with Gasteiger partial charge in [-0.15, -0.1) is 0 Å². The van der Waals surface area contributed by atoms with Crippen molar-refractivity contribution < 1.29 is 18.0 Å². The van der Waals surface area contributed by atoms with Crippen molar-refractivity contribution in [2.24, 2.45) is 0 Å². The van der Waals surface area contributed by atoms with E-state index in [1.807, 2.05) is 13.1 Å². The Balaban J connectivity index is 2.24. The predicted octanol–water partition coefficient (Wildman–Crippen LogP) is 5.02. The zero-order valence-electron chi connectivity index (χ0n) is 17.9. The first kappa shape index (κ1) is 20.9. The zero-order valence-corrected chi connectivity index (χ0v) is 19.9. The maximum absolute atomic E-state index is 15.7. The first-order valence-corrected chi connectivity index (χ1v) is 15.5. The minimum Gasteiger partial charge on any atom is -0.542 e. The van der Waals surface area contributed by atoms with Gasteiger partial charge < -0.3 is 4.43 Å². The fourth-order valence-electron chi connectivity index (χ4n) is 3.61. The average molecular weight is 419 g/mol. The molecule has 0 spiro atoms. The van der Waals surface area contributed by atoms with Crippen LogP contribution in [0.4, 0.5) is 8.78 Å². The normalized spacial score (nSPS) is 15.9. The van der Waals surface area contributed by atoms with E-state index in [4.69, 9.17) is 4.43 Å². The lowest BCUT2D eigenvalue weighted by molar-refractivity contribution is 0.103. The summed E-state index contributed by atoms with van der Waals surface area (Å²) >= 11 is 0. The summed E-state index contributed by atoms with van der Waals surface area (Å²) in [6.45, 7) is 15.9. The quantitative estimate of drug-likeness (QED) is 0.640. The molecule has 0 aliphatic carbocycles. The van der Waals surface area contributed by atoms with Gasteiger partial charge in [0.1, 0.15) is 19.6 Å². The van der Waals surface area contributed by atoms with E-state index in [1.54, 1.807) is 31.2 Å². The fraction of sp³-hybridized carbons (Fsp3) is 0.409. The number of rotatable bonds is 2. The molecule has 0 aromatic heterocycles. The molecule has 3 rings (SSSR count). The van der Waals surface area contributed by atoms with Gasteiger partial charge in [-0.05, 0) is 53.1 Å². The molecule has 1 heterocycles. The van der Waals surface area contributed by atoms with Gasteiger partial charge in [-0.3, -0.25) is 4.79 Å². The summed E-state index contributed by atoms with van der Waals surface area (Å²) in [5.41, 5.74) is 1.18. The Morgan fingerprint density at radius 1 is 0.929 bits per heavy atom. The Morgan fingerprint density at radius 2 is 1.43 bits per heavy atom. The first-order chi connectivity index (χ1) is 12.7. The molecule has 0 unspecified atom stereocenters. The first-order valence-electron chi connectivity index (χ1n) is 9.56. The van der Waals surface area contributed by atoms with Gasteiger partial charge in [-0.1, -0.05) is 46.0 Å². The second-order valence-corrected chi connectivity index (χ2v) is 18.7. The molecule has 1 aliphatic rings. The van der Waals surface area contributed by atoms with Gasteiger partial charge in [0.15, 0.2) is 11.6 Å². The molecule has 0 fully saturated rings. The van der Waals surface area contributed by atoms with E-state index in [1.165, 1.54) is 0 Å². The number of benzene rings is 2. The number of fused-ring (bicyclic) bond motifs is 2. The van der Waals surface area contributed by atoms with E-state index in [-0.39, 0.29) is 22.4 Å². The van der Waals surface area contributed by atoms with Crippen molar-refractivity contribution in [1.82, 2.24) is 0 Å². The van der Waals surface area contributed by atoms with Crippen molar-refractivity contribution in [3.05, 3.63) is 52.6 Å². The van der Waals surface area contributed by atoms with E-state index < -0.39 is 22.2 Å². The third-order valence-corrected chi connectivity index (χ3v) is 14.2. The Kier molecular flexibility index (Phi) is 4.75. The van der Waals surface area contributed by atoms with Crippen LogP contribution in [0.2, 0.25) is 31.2 Å². The van der Waals surface area contributed by atoms with Crippen molar-refractivity contribution >= 4 is 32.5 Å². The molecule has 150 valence electrons. The third kappa shape index (κ3) is 2.97. The summed E-state index contributed by atoms with van der Waals surface area (Å²) in [6, 6.07) is 6.50. The van der Waals surface area contributed by atoms with Crippen molar-refractivity contribution in [3.63, 3.8) is 0 Å². The molecular weight excluding hydrogens is 390 g/mol. The maximum Gasteiger partial charge on any atom is 0.250 e. The molecule has 1 aliphatic heterocycles. The molecular formula is C22H28F2O2Si2. The Bertz CT molecular complexity index is 989. The highest BCUT2D eigenvalue weighted by Crippen LogP contribution is 2.38. The predicted molar refractivity (Wildman–Crippen MR) is 116 cm³/mol. The number of carbonyl (C=O) groups excluding carboxylic acids is 1. The summed E-state index contributed by atoms with van der Waals surface area (Å²) in [4.78, 5) is 13.0. The van der Waals surface area contributed by atoms with Crippen LogP contribution >= 0.6 is 0 Å². The second kappa shape index (κ2) is 6.35. The van der Waals surface area contributed by atoms with Crippen LogP contribution in [-0.2, 0) is 0 Å².